The van der Waals surface area contributed by atoms with Crippen molar-refractivity contribution in [3.8, 4) is 11.5 Å². The molecule has 0 saturated carbocycles. The van der Waals surface area contributed by atoms with E-state index in [1.807, 2.05) is 41.3 Å². The Hall–Kier alpha value is -2.69. The molecule has 0 spiro atoms. The number of likely N-dealkylation sites (tertiary alicyclic amines) is 1. The zero-order chi connectivity index (χ0) is 21.4. The van der Waals surface area contributed by atoms with Crippen LogP contribution in [0.4, 0.5) is 0 Å². The second kappa shape index (κ2) is 8.10. The van der Waals surface area contributed by atoms with Crippen molar-refractivity contribution in [2.24, 2.45) is 0 Å². The van der Waals surface area contributed by atoms with Gasteiger partial charge in [-0.3, -0.25) is 4.79 Å². The summed E-state index contributed by atoms with van der Waals surface area (Å²) in [6, 6.07) is 20.1. The number of halogens is 2. The second-order valence-electron chi connectivity index (χ2n) is 7.86. The van der Waals surface area contributed by atoms with E-state index in [0.717, 1.165) is 37.1 Å². The molecule has 6 heteroatoms. The van der Waals surface area contributed by atoms with E-state index in [-0.39, 0.29) is 5.91 Å². The number of amides is 1. The monoisotopic (exact) mass is 453 g/mol. The molecular formula is C25H21Cl2NO3. The van der Waals surface area contributed by atoms with Crippen LogP contribution in [-0.2, 0) is 5.79 Å². The lowest BCUT2D eigenvalue weighted by molar-refractivity contribution is -0.0459. The first-order valence-electron chi connectivity index (χ1n) is 10.4. The third-order valence-corrected chi connectivity index (χ3v) is 6.22. The summed E-state index contributed by atoms with van der Waals surface area (Å²) < 4.78 is 12.8. The van der Waals surface area contributed by atoms with Crippen LogP contribution in [0.3, 0.4) is 0 Å². The van der Waals surface area contributed by atoms with E-state index in [1.165, 1.54) is 6.42 Å². The predicted octanol–water partition coefficient (Wildman–Crippen LogP) is 6.29. The lowest BCUT2D eigenvalue weighted by atomic mass is 9.97. The second-order valence-corrected chi connectivity index (χ2v) is 8.73. The molecule has 0 unspecified atom stereocenters. The fourth-order valence-corrected chi connectivity index (χ4v) is 4.58. The molecule has 5 rings (SSSR count). The quantitative estimate of drug-likeness (QED) is 0.467. The molecule has 0 radical (unpaired) electrons. The fraction of sp³-hybridized carbons (Fsp3) is 0.240. The van der Waals surface area contributed by atoms with Crippen molar-refractivity contribution in [3.05, 3.63) is 93.5 Å². The number of carbonyl (C=O) groups is 1. The molecular weight excluding hydrogens is 433 g/mol. The van der Waals surface area contributed by atoms with Gasteiger partial charge in [0.2, 0.25) is 0 Å². The molecule has 158 valence electrons. The van der Waals surface area contributed by atoms with Gasteiger partial charge in [0.15, 0.2) is 11.5 Å². The highest BCUT2D eigenvalue weighted by Crippen LogP contribution is 2.48. The number of carbonyl (C=O) groups excluding carboxylic acids is 1. The first-order chi connectivity index (χ1) is 15.0. The highest BCUT2D eigenvalue weighted by atomic mass is 35.5. The average Bonchev–Trinajstić information content (AvgIpc) is 3.19. The Morgan fingerprint density at radius 2 is 1.39 bits per heavy atom. The summed E-state index contributed by atoms with van der Waals surface area (Å²) in [5, 5.41) is 1.14. The van der Waals surface area contributed by atoms with Crippen LogP contribution in [0.2, 0.25) is 10.0 Å². The number of ether oxygens (including phenoxy) is 2. The SMILES string of the molecule is O=C(c1ccc2c(c1)OC(c1cccc(Cl)c1)(c1cccc(Cl)c1)O2)N1CCCCC1. The summed E-state index contributed by atoms with van der Waals surface area (Å²) >= 11 is 12.6. The van der Waals surface area contributed by atoms with E-state index in [0.29, 0.717) is 27.1 Å². The molecule has 1 amide bonds. The van der Waals surface area contributed by atoms with E-state index < -0.39 is 5.79 Å². The molecule has 2 aliphatic heterocycles. The zero-order valence-electron chi connectivity index (χ0n) is 16.8. The standard InChI is InChI=1S/C25H21Cl2NO3/c26-20-8-4-6-18(15-20)25(19-7-5-9-21(27)16-19)30-22-11-10-17(14-23(22)31-25)24(29)28-12-2-1-3-13-28/h4-11,14-16H,1-3,12-13H2. The van der Waals surface area contributed by atoms with Crippen LogP contribution in [0.25, 0.3) is 0 Å². The largest absolute Gasteiger partial charge is 0.440 e. The minimum absolute atomic E-state index is 0.0223. The Morgan fingerprint density at radius 3 is 2.00 bits per heavy atom. The van der Waals surface area contributed by atoms with Crippen LogP contribution in [0.5, 0.6) is 11.5 Å². The number of nitrogens with zero attached hydrogens (tertiary/aromatic N) is 1. The molecule has 2 aliphatic rings. The van der Waals surface area contributed by atoms with Crippen molar-refractivity contribution in [2.45, 2.75) is 25.0 Å². The van der Waals surface area contributed by atoms with Crippen LogP contribution in [0.15, 0.2) is 66.7 Å². The minimum atomic E-state index is -1.25. The van der Waals surface area contributed by atoms with Crippen molar-refractivity contribution in [1.29, 1.82) is 0 Å². The van der Waals surface area contributed by atoms with Crippen LogP contribution in [0.1, 0.15) is 40.7 Å². The van der Waals surface area contributed by atoms with Gasteiger partial charge in [-0.1, -0.05) is 47.5 Å². The van der Waals surface area contributed by atoms with Gasteiger partial charge in [-0.2, -0.15) is 0 Å². The van der Waals surface area contributed by atoms with Gasteiger partial charge in [-0.25, -0.2) is 0 Å². The van der Waals surface area contributed by atoms with Crippen LogP contribution >= 0.6 is 23.2 Å². The molecule has 1 fully saturated rings. The first kappa shape index (κ1) is 20.2. The van der Waals surface area contributed by atoms with E-state index in [2.05, 4.69) is 0 Å². The van der Waals surface area contributed by atoms with Crippen molar-refractivity contribution in [1.82, 2.24) is 4.90 Å². The third-order valence-electron chi connectivity index (χ3n) is 5.75. The van der Waals surface area contributed by atoms with Gasteiger partial charge < -0.3 is 14.4 Å². The van der Waals surface area contributed by atoms with Gasteiger partial charge in [0.05, 0.1) is 0 Å². The average molecular weight is 454 g/mol. The van der Waals surface area contributed by atoms with Gasteiger partial charge in [0.25, 0.3) is 5.91 Å². The van der Waals surface area contributed by atoms with Gasteiger partial charge in [0, 0.05) is 39.8 Å². The summed E-state index contributed by atoms with van der Waals surface area (Å²) in [5.41, 5.74) is 2.07. The highest BCUT2D eigenvalue weighted by molar-refractivity contribution is 6.31. The maximum Gasteiger partial charge on any atom is 0.305 e. The molecule has 3 aromatic carbocycles. The smallest absolute Gasteiger partial charge is 0.305 e. The van der Waals surface area contributed by atoms with Crippen molar-refractivity contribution in [3.63, 3.8) is 0 Å². The molecule has 0 atom stereocenters. The Balaban J connectivity index is 1.55. The Kier molecular flexibility index (Phi) is 5.28. The fourth-order valence-electron chi connectivity index (χ4n) is 4.20. The molecule has 0 N–H and O–H groups in total. The molecule has 2 heterocycles. The normalized spacial score (nSPS) is 16.9. The molecule has 0 aromatic heterocycles. The highest BCUT2D eigenvalue weighted by Gasteiger charge is 2.46. The topological polar surface area (TPSA) is 38.8 Å². The summed E-state index contributed by atoms with van der Waals surface area (Å²) in [5.74, 6) is -0.141. The molecule has 3 aromatic rings. The Labute approximate surface area is 191 Å². The molecule has 1 saturated heterocycles. The Morgan fingerprint density at radius 1 is 0.774 bits per heavy atom. The maximum atomic E-state index is 13.0. The van der Waals surface area contributed by atoms with Crippen LogP contribution < -0.4 is 9.47 Å². The lowest BCUT2D eigenvalue weighted by Crippen LogP contribution is -2.37. The van der Waals surface area contributed by atoms with Gasteiger partial charge in [-0.05, 0) is 61.7 Å². The minimum Gasteiger partial charge on any atom is -0.440 e. The zero-order valence-corrected chi connectivity index (χ0v) is 18.3. The van der Waals surface area contributed by atoms with Crippen LogP contribution in [-0.4, -0.2) is 23.9 Å². The predicted molar refractivity (Wildman–Crippen MR) is 121 cm³/mol. The van der Waals surface area contributed by atoms with E-state index in [9.17, 15) is 4.79 Å². The van der Waals surface area contributed by atoms with E-state index >= 15 is 0 Å². The van der Waals surface area contributed by atoms with Crippen LogP contribution in [0, 0.1) is 0 Å². The summed E-state index contributed by atoms with van der Waals surface area (Å²) in [7, 11) is 0. The lowest BCUT2D eigenvalue weighted by Gasteiger charge is -2.29. The van der Waals surface area contributed by atoms with Crippen molar-refractivity contribution < 1.29 is 14.3 Å². The molecule has 0 bridgehead atoms. The molecule has 31 heavy (non-hydrogen) atoms. The molecule has 4 nitrogen and oxygen atoms in total. The van der Waals surface area contributed by atoms with Crippen molar-refractivity contribution >= 4 is 29.1 Å². The summed E-state index contributed by atoms with van der Waals surface area (Å²) in [4.78, 5) is 14.9. The number of hydrogen-bond donors (Lipinski definition) is 0. The third kappa shape index (κ3) is 3.75. The summed E-state index contributed by atoms with van der Waals surface area (Å²) in [6.45, 7) is 1.59. The number of benzene rings is 3. The van der Waals surface area contributed by atoms with Gasteiger partial charge in [0.1, 0.15) is 0 Å². The number of hydrogen-bond acceptors (Lipinski definition) is 3. The Bertz CT molecular complexity index is 1100. The maximum absolute atomic E-state index is 13.0. The number of fused-ring (bicyclic) bond motifs is 1. The van der Waals surface area contributed by atoms with Gasteiger partial charge in [-0.15, -0.1) is 0 Å². The summed E-state index contributed by atoms with van der Waals surface area (Å²) in [6.07, 6.45) is 3.26. The first-order valence-corrected chi connectivity index (χ1v) is 11.1. The number of piperidine rings is 1. The van der Waals surface area contributed by atoms with E-state index in [1.54, 1.807) is 30.3 Å². The van der Waals surface area contributed by atoms with E-state index in [4.69, 9.17) is 32.7 Å². The molecule has 0 aliphatic carbocycles. The van der Waals surface area contributed by atoms with Gasteiger partial charge >= 0.3 is 5.79 Å². The van der Waals surface area contributed by atoms with Crippen molar-refractivity contribution in [2.75, 3.05) is 13.1 Å². The number of rotatable bonds is 3.